The maximum Gasteiger partial charge on any atom is 0.256 e. The van der Waals surface area contributed by atoms with E-state index >= 15 is 0 Å². The van der Waals surface area contributed by atoms with Gasteiger partial charge in [-0.05, 0) is 37.3 Å². The maximum absolute atomic E-state index is 12.1. The number of hydrogen-bond acceptors (Lipinski definition) is 1. The SMILES string of the molecule is CC.Cc1ccc2[nH]c(/C=C3\C(=O)Nc4ccccc43)cc2c1. The summed E-state index contributed by atoms with van der Waals surface area (Å²) in [4.78, 5) is 15.5. The van der Waals surface area contributed by atoms with E-state index in [0.717, 1.165) is 27.8 Å². The third-order valence-corrected chi connectivity index (χ3v) is 3.81. The number of amides is 1. The number of anilines is 1. The Balaban J connectivity index is 0.000000753. The van der Waals surface area contributed by atoms with Crippen molar-refractivity contribution >= 4 is 34.1 Å². The number of rotatable bonds is 1. The van der Waals surface area contributed by atoms with Crippen LogP contribution >= 0.6 is 0 Å². The highest BCUT2D eigenvalue weighted by atomic mass is 16.2. The third-order valence-electron chi connectivity index (χ3n) is 3.81. The Hall–Kier alpha value is -2.81. The molecule has 0 fully saturated rings. The van der Waals surface area contributed by atoms with Crippen LogP contribution in [0.1, 0.15) is 30.7 Å². The van der Waals surface area contributed by atoms with Gasteiger partial charge in [0.25, 0.3) is 5.91 Å². The number of carbonyl (C=O) groups excluding carboxylic acids is 1. The van der Waals surface area contributed by atoms with Crippen molar-refractivity contribution in [2.45, 2.75) is 20.8 Å². The molecule has 0 aliphatic carbocycles. The van der Waals surface area contributed by atoms with Crippen LogP contribution in [0.4, 0.5) is 5.69 Å². The monoisotopic (exact) mass is 304 g/mol. The third kappa shape index (κ3) is 2.78. The predicted molar refractivity (Wildman–Crippen MR) is 97.3 cm³/mol. The van der Waals surface area contributed by atoms with Gasteiger partial charge in [0, 0.05) is 27.8 Å². The number of aromatic nitrogens is 1. The molecule has 0 saturated carbocycles. The molecule has 2 aromatic carbocycles. The fourth-order valence-electron chi connectivity index (χ4n) is 2.79. The molecular formula is C20H20N2O. The number of aryl methyl sites for hydroxylation is 1. The molecule has 3 aromatic rings. The first-order valence-corrected chi connectivity index (χ1v) is 7.92. The molecule has 4 rings (SSSR count). The van der Waals surface area contributed by atoms with Crippen molar-refractivity contribution in [1.82, 2.24) is 4.98 Å². The van der Waals surface area contributed by atoms with Crippen molar-refractivity contribution in [2.24, 2.45) is 0 Å². The van der Waals surface area contributed by atoms with Gasteiger partial charge in [0.15, 0.2) is 0 Å². The quantitative estimate of drug-likeness (QED) is 0.611. The molecular weight excluding hydrogens is 284 g/mol. The van der Waals surface area contributed by atoms with Crippen LogP contribution < -0.4 is 5.32 Å². The van der Waals surface area contributed by atoms with Gasteiger partial charge in [-0.3, -0.25) is 4.79 Å². The van der Waals surface area contributed by atoms with Crippen LogP contribution in [0.3, 0.4) is 0 Å². The Bertz CT molecular complexity index is 903. The maximum atomic E-state index is 12.1. The summed E-state index contributed by atoms with van der Waals surface area (Å²) in [6.07, 6.45) is 1.91. The standard InChI is InChI=1S/C18H14N2O.C2H6/c1-11-6-7-16-12(8-11)9-13(19-16)10-15-14-4-2-3-5-17(14)20-18(15)21;1-2/h2-10,19H,1H3,(H,20,21);1-2H3/b15-10-;. The number of H-pyrrole nitrogens is 1. The van der Waals surface area contributed by atoms with Crippen LogP contribution in [0.2, 0.25) is 0 Å². The first kappa shape index (κ1) is 15.1. The largest absolute Gasteiger partial charge is 0.355 e. The lowest BCUT2D eigenvalue weighted by Crippen LogP contribution is -2.03. The molecule has 1 aromatic heterocycles. The summed E-state index contributed by atoms with van der Waals surface area (Å²) in [6.45, 7) is 6.07. The number of nitrogens with one attached hydrogen (secondary N) is 2. The molecule has 1 aliphatic rings. The van der Waals surface area contributed by atoms with Gasteiger partial charge in [-0.15, -0.1) is 0 Å². The van der Waals surface area contributed by atoms with E-state index in [2.05, 4.69) is 41.5 Å². The van der Waals surface area contributed by atoms with Gasteiger partial charge in [0.2, 0.25) is 0 Å². The van der Waals surface area contributed by atoms with E-state index in [1.807, 2.05) is 44.2 Å². The normalized spacial score (nSPS) is 14.4. The number of para-hydroxylation sites is 1. The Morgan fingerprint density at radius 3 is 2.61 bits per heavy atom. The average molecular weight is 304 g/mol. The van der Waals surface area contributed by atoms with E-state index in [1.165, 1.54) is 5.56 Å². The lowest BCUT2D eigenvalue weighted by Gasteiger charge is -1.96. The highest BCUT2D eigenvalue weighted by Crippen LogP contribution is 2.33. The zero-order chi connectivity index (χ0) is 16.4. The summed E-state index contributed by atoms with van der Waals surface area (Å²) >= 11 is 0. The van der Waals surface area contributed by atoms with Gasteiger partial charge in [-0.2, -0.15) is 0 Å². The lowest BCUT2D eigenvalue weighted by molar-refractivity contribution is -0.110. The molecule has 0 bridgehead atoms. The summed E-state index contributed by atoms with van der Waals surface area (Å²) in [6, 6.07) is 16.1. The van der Waals surface area contributed by atoms with E-state index in [0.29, 0.717) is 5.57 Å². The fraction of sp³-hybridized carbons (Fsp3) is 0.150. The molecule has 23 heavy (non-hydrogen) atoms. The molecule has 1 amide bonds. The molecule has 0 spiro atoms. The summed E-state index contributed by atoms with van der Waals surface area (Å²) in [5.74, 6) is -0.0500. The van der Waals surface area contributed by atoms with Gasteiger partial charge in [-0.1, -0.05) is 43.7 Å². The molecule has 0 radical (unpaired) electrons. The van der Waals surface area contributed by atoms with E-state index in [4.69, 9.17) is 0 Å². The molecule has 0 atom stereocenters. The predicted octanol–water partition coefficient (Wildman–Crippen LogP) is 5.00. The second kappa shape index (κ2) is 6.13. The van der Waals surface area contributed by atoms with Crippen LogP contribution in [0, 0.1) is 6.92 Å². The van der Waals surface area contributed by atoms with Crippen LogP contribution in [-0.2, 0) is 4.79 Å². The zero-order valence-corrected chi connectivity index (χ0v) is 13.6. The van der Waals surface area contributed by atoms with Gasteiger partial charge < -0.3 is 10.3 Å². The number of hydrogen-bond donors (Lipinski definition) is 2. The van der Waals surface area contributed by atoms with Crippen LogP contribution in [0.25, 0.3) is 22.6 Å². The minimum absolute atomic E-state index is 0.0500. The Morgan fingerprint density at radius 2 is 1.78 bits per heavy atom. The molecule has 0 saturated heterocycles. The number of carbonyl (C=O) groups is 1. The minimum atomic E-state index is -0.0500. The average Bonchev–Trinajstić information content (AvgIpc) is 3.10. The van der Waals surface area contributed by atoms with Crippen molar-refractivity contribution in [3.63, 3.8) is 0 Å². The molecule has 1 aliphatic heterocycles. The first-order valence-electron chi connectivity index (χ1n) is 7.92. The van der Waals surface area contributed by atoms with Crippen LogP contribution in [0.5, 0.6) is 0 Å². The van der Waals surface area contributed by atoms with Crippen molar-refractivity contribution < 1.29 is 4.79 Å². The number of aromatic amines is 1. The molecule has 0 unspecified atom stereocenters. The molecule has 3 heteroatoms. The topological polar surface area (TPSA) is 44.9 Å². The smallest absolute Gasteiger partial charge is 0.256 e. The first-order chi connectivity index (χ1) is 11.2. The van der Waals surface area contributed by atoms with Crippen molar-refractivity contribution in [3.8, 4) is 0 Å². The van der Waals surface area contributed by atoms with E-state index in [-0.39, 0.29) is 5.91 Å². The number of fused-ring (bicyclic) bond motifs is 2. The fourth-order valence-corrected chi connectivity index (χ4v) is 2.79. The number of benzene rings is 2. The van der Waals surface area contributed by atoms with Crippen molar-refractivity contribution in [1.29, 1.82) is 0 Å². The minimum Gasteiger partial charge on any atom is -0.355 e. The highest BCUT2D eigenvalue weighted by molar-refractivity contribution is 6.34. The second-order valence-corrected chi connectivity index (χ2v) is 5.37. The summed E-state index contributed by atoms with van der Waals surface area (Å²) in [7, 11) is 0. The Labute approximate surface area is 136 Å². The van der Waals surface area contributed by atoms with Crippen LogP contribution in [-0.4, -0.2) is 10.9 Å². The van der Waals surface area contributed by atoms with Crippen molar-refractivity contribution in [2.75, 3.05) is 5.32 Å². The summed E-state index contributed by atoms with van der Waals surface area (Å²) < 4.78 is 0. The molecule has 3 nitrogen and oxygen atoms in total. The zero-order valence-electron chi connectivity index (χ0n) is 13.6. The summed E-state index contributed by atoms with van der Waals surface area (Å²) in [5.41, 5.74) is 5.79. The summed E-state index contributed by atoms with van der Waals surface area (Å²) in [5, 5.41) is 4.05. The van der Waals surface area contributed by atoms with E-state index < -0.39 is 0 Å². The van der Waals surface area contributed by atoms with Crippen molar-refractivity contribution in [3.05, 3.63) is 65.4 Å². The highest BCUT2D eigenvalue weighted by Gasteiger charge is 2.23. The van der Waals surface area contributed by atoms with Gasteiger partial charge in [-0.25, -0.2) is 0 Å². The van der Waals surface area contributed by atoms with E-state index in [9.17, 15) is 4.79 Å². The molecule has 2 N–H and O–H groups in total. The lowest BCUT2D eigenvalue weighted by atomic mass is 10.1. The molecule has 2 heterocycles. The van der Waals surface area contributed by atoms with Gasteiger partial charge in [0.05, 0.1) is 5.57 Å². The van der Waals surface area contributed by atoms with Gasteiger partial charge in [0.1, 0.15) is 0 Å². The van der Waals surface area contributed by atoms with Crippen LogP contribution in [0.15, 0.2) is 48.5 Å². The Morgan fingerprint density at radius 1 is 1.00 bits per heavy atom. The van der Waals surface area contributed by atoms with Gasteiger partial charge >= 0.3 is 0 Å². The van der Waals surface area contributed by atoms with E-state index in [1.54, 1.807) is 0 Å². The second-order valence-electron chi connectivity index (χ2n) is 5.37. The Kier molecular flexibility index (Phi) is 4.02. The molecule has 116 valence electrons.